The smallest absolute Gasteiger partial charge is 0.387 e. The van der Waals surface area contributed by atoms with Crippen molar-refractivity contribution in [2.75, 3.05) is 40.9 Å². The number of allylic oxidation sites excluding steroid dienone is 3. The molecule has 0 rings (SSSR count). The highest BCUT2D eigenvalue weighted by molar-refractivity contribution is 7.47. The number of nitrogens with zero attached hydrogens (tertiary/aromatic N) is 1. The second kappa shape index (κ2) is 44.2. The fourth-order valence-electron chi connectivity index (χ4n) is 7.74. The molecule has 8 nitrogen and oxygen atoms in total. The van der Waals surface area contributed by atoms with E-state index in [0.29, 0.717) is 17.4 Å². The van der Waals surface area contributed by atoms with E-state index in [1.54, 1.807) is 6.08 Å². The zero-order valence-electron chi connectivity index (χ0n) is 41.2. The SMILES string of the molecule is CCCCCCCCCCCCC/C=C/C(O)C(COP(=O)(O)OCC[N+](C)(C)C)NC(=O)CCCCCCCCCCCC/C=C\CCCCCCCCCCCCCC. The number of unbranched alkanes of at least 4 members (excludes halogenated alkanes) is 33. The van der Waals surface area contributed by atoms with Crippen LogP contribution in [0.2, 0.25) is 0 Å². The van der Waals surface area contributed by atoms with Crippen molar-refractivity contribution in [3.05, 3.63) is 24.3 Å². The zero-order chi connectivity index (χ0) is 45.0. The molecule has 0 aliphatic heterocycles. The van der Waals surface area contributed by atoms with E-state index in [4.69, 9.17) is 9.05 Å². The van der Waals surface area contributed by atoms with Gasteiger partial charge in [-0.3, -0.25) is 13.8 Å². The molecule has 0 aromatic carbocycles. The normalized spacial score (nSPS) is 14.3. The Morgan fingerprint density at radius 2 is 0.885 bits per heavy atom. The van der Waals surface area contributed by atoms with Crippen LogP contribution in [0.1, 0.15) is 251 Å². The molecule has 362 valence electrons. The first-order chi connectivity index (χ1) is 29.5. The van der Waals surface area contributed by atoms with E-state index in [-0.39, 0.29) is 19.1 Å². The first-order valence-corrected chi connectivity index (χ1v) is 27.7. The summed E-state index contributed by atoms with van der Waals surface area (Å²) in [5.74, 6) is -0.177. The molecule has 61 heavy (non-hydrogen) atoms. The summed E-state index contributed by atoms with van der Waals surface area (Å²) >= 11 is 0. The summed E-state index contributed by atoms with van der Waals surface area (Å²) < 4.78 is 23.6. The van der Waals surface area contributed by atoms with E-state index in [2.05, 4.69) is 31.3 Å². The largest absolute Gasteiger partial charge is 0.472 e. The molecule has 0 aromatic heterocycles. The molecular formula is C52H104N2O6P+. The second-order valence-electron chi connectivity index (χ2n) is 19.3. The molecule has 0 aliphatic carbocycles. The van der Waals surface area contributed by atoms with Crippen LogP contribution in [0.25, 0.3) is 0 Å². The molecule has 0 aliphatic rings. The molecule has 0 heterocycles. The lowest BCUT2D eigenvalue weighted by molar-refractivity contribution is -0.870. The summed E-state index contributed by atoms with van der Waals surface area (Å²) in [7, 11) is 1.58. The number of likely N-dealkylation sites (N-methyl/N-ethyl adjacent to an activating group) is 1. The predicted octanol–water partition coefficient (Wildman–Crippen LogP) is 15.3. The highest BCUT2D eigenvalue weighted by Crippen LogP contribution is 2.43. The Labute approximate surface area is 379 Å². The maximum Gasteiger partial charge on any atom is 0.472 e. The number of hydrogen-bond donors (Lipinski definition) is 3. The molecule has 1 amide bonds. The number of phosphoric acid groups is 1. The minimum absolute atomic E-state index is 0.0626. The topological polar surface area (TPSA) is 105 Å². The fourth-order valence-corrected chi connectivity index (χ4v) is 8.48. The molecule has 3 atom stereocenters. The molecule has 0 saturated heterocycles. The van der Waals surface area contributed by atoms with Gasteiger partial charge in [-0.1, -0.05) is 224 Å². The Morgan fingerprint density at radius 3 is 1.26 bits per heavy atom. The molecule has 9 heteroatoms. The summed E-state index contributed by atoms with van der Waals surface area (Å²) in [5.41, 5.74) is 0. The van der Waals surface area contributed by atoms with Gasteiger partial charge < -0.3 is 19.8 Å². The Bertz CT molecular complexity index is 1050. The second-order valence-corrected chi connectivity index (χ2v) is 20.7. The van der Waals surface area contributed by atoms with Crippen LogP contribution in [-0.4, -0.2) is 73.4 Å². The standard InChI is InChI=1S/C52H103N2O6P/c1-6-8-10-12-14-16-18-20-21-22-23-24-25-26-27-28-29-30-31-32-34-36-38-40-42-44-46-52(56)53-50(49-60-61(57,58)59-48-47-54(3,4)5)51(55)45-43-41-39-37-35-33-19-17-15-13-11-9-7-2/h26-27,43,45,50-51,55H,6-25,28-42,44,46-49H2,1-5H3,(H-,53,56,57,58)/p+1/b27-26-,45-43+. The van der Waals surface area contributed by atoms with Crippen molar-refractivity contribution in [2.24, 2.45) is 0 Å². The van der Waals surface area contributed by atoms with Gasteiger partial charge in [0.2, 0.25) is 5.91 Å². The molecular weight excluding hydrogens is 780 g/mol. The first kappa shape index (κ1) is 60.0. The average Bonchev–Trinajstić information content (AvgIpc) is 3.21. The van der Waals surface area contributed by atoms with Crippen molar-refractivity contribution in [3.8, 4) is 0 Å². The van der Waals surface area contributed by atoms with E-state index in [1.165, 1.54) is 193 Å². The summed E-state index contributed by atoms with van der Waals surface area (Å²) in [4.78, 5) is 23.2. The predicted molar refractivity (Wildman–Crippen MR) is 263 cm³/mol. The highest BCUT2D eigenvalue weighted by atomic mass is 31.2. The third-order valence-electron chi connectivity index (χ3n) is 11.9. The molecule has 3 unspecified atom stereocenters. The Morgan fingerprint density at radius 1 is 0.541 bits per heavy atom. The lowest BCUT2D eigenvalue weighted by Crippen LogP contribution is -2.45. The van der Waals surface area contributed by atoms with Gasteiger partial charge in [-0.05, 0) is 44.9 Å². The first-order valence-electron chi connectivity index (χ1n) is 26.2. The highest BCUT2D eigenvalue weighted by Gasteiger charge is 2.27. The van der Waals surface area contributed by atoms with Crippen molar-refractivity contribution in [2.45, 2.75) is 264 Å². The van der Waals surface area contributed by atoms with Gasteiger partial charge in [-0.25, -0.2) is 4.57 Å². The lowest BCUT2D eigenvalue weighted by atomic mass is 10.0. The molecule has 0 radical (unpaired) electrons. The summed E-state index contributed by atoms with van der Waals surface area (Å²) in [6, 6.07) is -0.844. The van der Waals surface area contributed by atoms with Gasteiger partial charge in [0.05, 0.1) is 39.9 Å². The molecule has 0 aromatic rings. The van der Waals surface area contributed by atoms with Gasteiger partial charge in [0.25, 0.3) is 0 Å². The number of carbonyl (C=O) groups is 1. The molecule has 0 fully saturated rings. The van der Waals surface area contributed by atoms with Crippen LogP contribution in [0.3, 0.4) is 0 Å². The maximum atomic E-state index is 12.9. The van der Waals surface area contributed by atoms with Crippen LogP contribution in [0.15, 0.2) is 24.3 Å². The number of phosphoric ester groups is 1. The van der Waals surface area contributed by atoms with Crippen molar-refractivity contribution in [1.29, 1.82) is 0 Å². The Hall–Kier alpha value is -1.02. The number of rotatable bonds is 48. The quantitative estimate of drug-likeness (QED) is 0.0243. The van der Waals surface area contributed by atoms with Crippen LogP contribution in [-0.2, 0) is 18.4 Å². The van der Waals surface area contributed by atoms with Gasteiger partial charge >= 0.3 is 7.82 Å². The van der Waals surface area contributed by atoms with E-state index < -0.39 is 20.0 Å². The van der Waals surface area contributed by atoms with Crippen molar-refractivity contribution < 1.29 is 32.9 Å². The summed E-state index contributed by atoms with van der Waals surface area (Å²) in [6.07, 6.45) is 54.1. The van der Waals surface area contributed by atoms with Gasteiger partial charge in [0.1, 0.15) is 13.2 Å². The Balaban J connectivity index is 4.16. The Kier molecular flexibility index (Phi) is 43.5. The van der Waals surface area contributed by atoms with Crippen LogP contribution in [0, 0.1) is 0 Å². The minimum Gasteiger partial charge on any atom is -0.387 e. The molecule has 3 N–H and O–H groups in total. The van der Waals surface area contributed by atoms with Crippen LogP contribution >= 0.6 is 7.82 Å². The third-order valence-corrected chi connectivity index (χ3v) is 12.9. The third kappa shape index (κ3) is 46.8. The molecule has 0 spiro atoms. The van der Waals surface area contributed by atoms with Gasteiger partial charge in [0.15, 0.2) is 0 Å². The maximum absolute atomic E-state index is 12.9. The number of quaternary nitrogens is 1. The van der Waals surface area contributed by atoms with E-state index in [9.17, 15) is 19.4 Å². The minimum atomic E-state index is -4.34. The van der Waals surface area contributed by atoms with Crippen molar-refractivity contribution in [3.63, 3.8) is 0 Å². The number of aliphatic hydroxyl groups is 1. The summed E-state index contributed by atoms with van der Waals surface area (Å²) in [5, 5.41) is 13.9. The molecule has 0 saturated carbocycles. The van der Waals surface area contributed by atoms with Crippen molar-refractivity contribution >= 4 is 13.7 Å². The monoisotopic (exact) mass is 884 g/mol. The number of amides is 1. The van der Waals surface area contributed by atoms with Crippen molar-refractivity contribution in [1.82, 2.24) is 5.32 Å². The average molecular weight is 884 g/mol. The number of aliphatic hydroxyl groups excluding tert-OH is 1. The van der Waals surface area contributed by atoms with Gasteiger partial charge in [-0.2, -0.15) is 0 Å². The van der Waals surface area contributed by atoms with Crippen LogP contribution < -0.4 is 5.32 Å². The van der Waals surface area contributed by atoms with Crippen LogP contribution in [0.4, 0.5) is 0 Å². The van der Waals surface area contributed by atoms with E-state index in [0.717, 1.165) is 38.5 Å². The zero-order valence-corrected chi connectivity index (χ0v) is 42.1. The number of hydrogen-bond acceptors (Lipinski definition) is 5. The summed E-state index contributed by atoms with van der Waals surface area (Å²) in [6.45, 7) is 4.83. The van der Waals surface area contributed by atoms with Gasteiger partial charge in [-0.15, -0.1) is 0 Å². The number of carbonyl (C=O) groups excluding carboxylic acids is 1. The molecule has 0 bridgehead atoms. The fraction of sp³-hybridized carbons (Fsp3) is 0.904. The van der Waals surface area contributed by atoms with Gasteiger partial charge in [0, 0.05) is 6.42 Å². The van der Waals surface area contributed by atoms with E-state index >= 15 is 0 Å². The number of nitrogens with one attached hydrogen (secondary N) is 1. The van der Waals surface area contributed by atoms with Crippen LogP contribution in [0.5, 0.6) is 0 Å². The van der Waals surface area contributed by atoms with E-state index in [1.807, 2.05) is 27.2 Å². The lowest BCUT2D eigenvalue weighted by Gasteiger charge is -2.25.